The van der Waals surface area contributed by atoms with Crippen LogP contribution >= 0.6 is 11.6 Å². The number of carbonyl (C=O) groups excluding carboxylic acids is 1. The van der Waals surface area contributed by atoms with Gasteiger partial charge < -0.3 is 9.64 Å². The number of fused-ring (bicyclic) bond motifs is 2. The quantitative estimate of drug-likeness (QED) is 0.576. The summed E-state index contributed by atoms with van der Waals surface area (Å²) in [6.45, 7) is 9.77. The van der Waals surface area contributed by atoms with E-state index in [0.717, 1.165) is 50.3 Å². The number of hydrogen-bond acceptors (Lipinski definition) is 2. The third-order valence-electron chi connectivity index (χ3n) is 8.43. The lowest BCUT2D eigenvalue weighted by atomic mass is 9.55. The lowest BCUT2D eigenvalue weighted by Crippen LogP contribution is -3.13. The zero-order valence-corrected chi connectivity index (χ0v) is 18.7. The molecule has 160 valence electrons. The molecule has 2 aliphatic carbocycles. The number of esters is 1. The summed E-state index contributed by atoms with van der Waals surface area (Å²) in [6.07, 6.45) is 9.28. The monoisotopic (exact) mass is 426 g/mol. The summed E-state index contributed by atoms with van der Waals surface area (Å²) in [5, 5.41) is 0.779. The van der Waals surface area contributed by atoms with Gasteiger partial charge in [-0.2, -0.15) is 0 Å². The van der Waals surface area contributed by atoms with Crippen molar-refractivity contribution in [1.29, 1.82) is 0 Å². The lowest BCUT2D eigenvalue weighted by molar-refractivity contribution is -0.897. The Balaban J connectivity index is 1.26. The number of hydrogen-bond donors (Lipinski definition) is 1. The molecular formula is C26H33ClNO2+. The van der Waals surface area contributed by atoms with E-state index in [4.69, 9.17) is 16.3 Å². The van der Waals surface area contributed by atoms with E-state index in [1.54, 1.807) is 0 Å². The number of allylic oxidation sites excluding steroid dienone is 1. The van der Waals surface area contributed by atoms with Crippen molar-refractivity contribution >= 4 is 23.1 Å². The Morgan fingerprint density at radius 1 is 1.27 bits per heavy atom. The van der Waals surface area contributed by atoms with E-state index < -0.39 is 0 Å². The van der Waals surface area contributed by atoms with Gasteiger partial charge in [0, 0.05) is 17.4 Å². The molecule has 2 aliphatic heterocycles. The first-order chi connectivity index (χ1) is 14.4. The molecule has 5 rings (SSSR count). The number of halogens is 1. The van der Waals surface area contributed by atoms with E-state index in [1.807, 2.05) is 12.1 Å². The summed E-state index contributed by atoms with van der Waals surface area (Å²) < 4.78 is 5.96. The van der Waals surface area contributed by atoms with Gasteiger partial charge in [0.25, 0.3) is 0 Å². The maximum absolute atomic E-state index is 12.8. The van der Waals surface area contributed by atoms with Crippen molar-refractivity contribution in [3.05, 3.63) is 53.1 Å². The molecule has 3 nitrogen and oxygen atoms in total. The molecule has 1 N–H and O–H groups in total. The van der Waals surface area contributed by atoms with Crippen LogP contribution in [0, 0.1) is 23.2 Å². The Morgan fingerprint density at radius 3 is 2.80 bits per heavy atom. The summed E-state index contributed by atoms with van der Waals surface area (Å²) >= 11 is 6.03. The van der Waals surface area contributed by atoms with Crippen LogP contribution in [0.5, 0.6) is 0 Å². The van der Waals surface area contributed by atoms with E-state index in [1.165, 1.54) is 34.5 Å². The molecule has 1 unspecified atom stereocenters. The average Bonchev–Trinajstić information content (AvgIpc) is 3.01. The van der Waals surface area contributed by atoms with Crippen LogP contribution in [0.15, 0.2) is 42.5 Å². The summed E-state index contributed by atoms with van der Waals surface area (Å²) in [6, 6.07) is 8.13. The molecule has 0 aromatic heterocycles. The molecule has 4 aliphatic rings. The van der Waals surface area contributed by atoms with E-state index in [0.29, 0.717) is 11.8 Å². The molecule has 2 saturated carbocycles. The van der Waals surface area contributed by atoms with E-state index >= 15 is 0 Å². The highest BCUT2D eigenvalue weighted by Gasteiger charge is 2.56. The first kappa shape index (κ1) is 20.3. The van der Waals surface area contributed by atoms with Gasteiger partial charge in [0.15, 0.2) is 0 Å². The second-order valence-corrected chi connectivity index (χ2v) is 10.7. The zero-order valence-electron chi connectivity index (χ0n) is 18.0. The van der Waals surface area contributed by atoms with Crippen LogP contribution in [0.4, 0.5) is 0 Å². The summed E-state index contributed by atoms with van der Waals surface area (Å²) in [7, 11) is 0. The van der Waals surface area contributed by atoms with Crippen LogP contribution < -0.4 is 4.90 Å². The van der Waals surface area contributed by atoms with Crippen LogP contribution in [0.1, 0.15) is 51.0 Å². The number of nitrogens with one attached hydrogen (secondary N) is 1. The van der Waals surface area contributed by atoms with Gasteiger partial charge >= 0.3 is 5.97 Å². The standard InChI is InChI=1S/C26H32ClNO2/c1-17-4-3-11-26(2)15-24-21(14-23(17)26)22(25(29)30-24)16-28-12-9-19(10-13-28)18-5-7-20(27)8-6-18/h5-9,21-24H,1,3-4,10-16H2,2H3/p+1/t21-,22-,23+,24-,26-/m1/s1. The first-order valence-electron chi connectivity index (χ1n) is 11.6. The minimum absolute atomic E-state index is 0.0507. The van der Waals surface area contributed by atoms with Crippen LogP contribution in [0.3, 0.4) is 0 Å². The molecule has 0 radical (unpaired) electrons. The third kappa shape index (κ3) is 3.65. The summed E-state index contributed by atoms with van der Waals surface area (Å²) in [5.74, 6) is 1.05. The van der Waals surface area contributed by atoms with Gasteiger partial charge in [0.05, 0.1) is 19.6 Å². The fourth-order valence-electron chi connectivity index (χ4n) is 6.70. The lowest BCUT2D eigenvalue weighted by Gasteiger charge is -2.50. The van der Waals surface area contributed by atoms with Crippen LogP contribution in [0.25, 0.3) is 5.57 Å². The normalized spacial score (nSPS) is 38.5. The summed E-state index contributed by atoms with van der Waals surface area (Å²) in [4.78, 5) is 14.3. The Kier molecular flexibility index (Phi) is 5.31. The maximum Gasteiger partial charge on any atom is 0.315 e. The number of ether oxygens (including phenoxy) is 1. The highest BCUT2D eigenvalue weighted by atomic mass is 35.5. The van der Waals surface area contributed by atoms with Gasteiger partial charge in [0.2, 0.25) is 0 Å². The molecule has 0 spiro atoms. The number of rotatable bonds is 3. The molecular weight excluding hydrogens is 394 g/mol. The smallest absolute Gasteiger partial charge is 0.315 e. The fourth-order valence-corrected chi connectivity index (χ4v) is 6.82. The van der Waals surface area contributed by atoms with E-state index in [-0.39, 0.29) is 23.4 Å². The van der Waals surface area contributed by atoms with Crippen molar-refractivity contribution in [2.24, 2.45) is 23.2 Å². The predicted octanol–water partition coefficient (Wildman–Crippen LogP) is 4.33. The molecule has 0 amide bonds. The molecule has 2 heterocycles. The van der Waals surface area contributed by atoms with Crippen molar-refractivity contribution < 1.29 is 14.4 Å². The van der Waals surface area contributed by atoms with Gasteiger partial charge in [-0.3, -0.25) is 4.79 Å². The van der Waals surface area contributed by atoms with Crippen molar-refractivity contribution in [2.75, 3.05) is 19.6 Å². The highest BCUT2D eigenvalue weighted by Crippen LogP contribution is 2.56. The van der Waals surface area contributed by atoms with Crippen molar-refractivity contribution in [3.8, 4) is 0 Å². The molecule has 0 bridgehead atoms. The van der Waals surface area contributed by atoms with Crippen LogP contribution in [-0.4, -0.2) is 31.7 Å². The second-order valence-electron chi connectivity index (χ2n) is 10.3. The van der Waals surface area contributed by atoms with Crippen LogP contribution in [-0.2, 0) is 9.53 Å². The van der Waals surface area contributed by atoms with Crippen molar-refractivity contribution in [3.63, 3.8) is 0 Å². The SMILES string of the molecule is C=C1CCC[C@]2(C)C[C@H]3OC(=O)[C@H](C[NH+]4CC=C(c5ccc(Cl)cc5)CC4)[C@H]3C[C@@H]12. The zero-order chi connectivity index (χ0) is 20.9. The van der Waals surface area contributed by atoms with Gasteiger partial charge in [-0.05, 0) is 72.8 Å². The predicted molar refractivity (Wildman–Crippen MR) is 120 cm³/mol. The minimum atomic E-state index is 0.0507. The van der Waals surface area contributed by atoms with Gasteiger partial charge in [-0.25, -0.2) is 0 Å². The Labute approximate surface area is 185 Å². The molecule has 4 heteroatoms. The Morgan fingerprint density at radius 2 is 2.07 bits per heavy atom. The van der Waals surface area contributed by atoms with E-state index in [2.05, 4.69) is 31.7 Å². The topological polar surface area (TPSA) is 30.7 Å². The van der Waals surface area contributed by atoms with Crippen molar-refractivity contribution in [2.45, 2.75) is 51.6 Å². The van der Waals surface area contributed by atoms with Gasteiger partial charge in [0.1, 0.15) is 12.0 Å². The fraction of sp³-hybridized carbons (Fsp3) is 0.577. The average molecular weight is 427 g/mol. The molecule has 1 saturated heterocycles. The van der Waals surface area contributed by atoms with Crippen LogP contribution in [0.2, 0.25) is 5.02 Å². The van der Waals surface area contributed by atoms with Crippen molar-refractivity contribution in [1.82, 2.24) is 0 Å². The number of benzene rings is 1. The summed E-state index contributed by atoms with van der Waals surface area (Å²) in [5.41, 5.74) is 4.36. The van der Waals surface area contributed by atoms with E-state index in [9.17, 15) is 4.79 Å². The second kappa shape index (κ2) is 7.84. The van der Waals surface area contributed by atoms with Gasteiger partial charge in [-0.1, -0.05) is 42.8 Å². The molecule has 3 fully saturated rings. The minimum Gasteiger partial charge on any atom is -0.462 e. The Bertz CT molecular complexity index is 876. The third-order valence-corrected chi connectivity index (χ3v) is 8.68. The molecule has 30 heavy (non-hydrogen) atoms. The highest BCUT2D eigenvalue weighted by molar-refractivity contribution is 6.30. The maximum atomic E-state index is 12.8. The first-order valence-corrected chi connectivity index (χ1v) is 12.0. The Hall–Kier alpha value is -1.58. The largest absolute Gasteiger partial charge is 0.462 e. The molecule has 6 atom stereocenters. The molecule has 1 aromatic carbocycles. The number of quaternary nitrogens is 1. The number of carbonyl (C=O) groups is 1. The van der Waals surface area contributed by atoms with Gasteiger partial charge in [-0.15, -0.1) is 0 Å². The molecule has 1 aromatic rings.